The molecule has 0 unspecified atom stereocenters. The van der Waals surface area contributed by atoms with Crippen molar-refractivity contribution in [2.24, 2.45) is 0 Å². The molecule has 0 atom stereocenters. The standard InChI is InChI=1S/C22H21N6O6P.2Na/c1-32-17-11-13(12-18(33-2)20(17)34-3)21-23-9-7-19-25-22(26-28(19)21)24-15-5-4-6-16-14(15)8-10-27(16)35(29,30)31;;/h4-12H,1-3H3,(H,24,26)(H2,29,30,31);;/q;2*+1/p-2. The van der Waals surface area contributed by atoms with Crippen molar-refractivity contribution in [3.05, 3.63) is 54.9 Å². The Morgan fingerprint density at radius 2 is 1.68 bits per heavy atom. The van der Waals surface area contributed by atoms with Crippen LogP contribution in [0.25, 0.3) is 27.9 Å². The zero-order chi connectivity index (χ0) is 24.7. The van der Waals surface area contributed by atoms with E-state index < -0.39 is 7.75 Å². The second-order valence-corrected chi connectivity index (χ2v) is 8.75. The molecule has 3 heterocycles. The summed E-state index contributed by atoms with van der Waals surface area (Å²) in [6, 6.07) is 11.7. The van der Waals surface area contributed by atoms with Crippen LogP contribution in [0.5, 0.6) is 17.2 Å². The fourth-order valence-electron chi connectivity index (χ4n) is 3.87. The van der Waals surface area contributed by atoms with Gasteiger partial charge in [-0.1, -0.05) is 6.07 Å². The van der Waals surface area contributed by atoms with Crippen molar-refractivity contribution < 1.29 is 87.7 Å². The average Bonchev–Trinajstić information content (AvgIpc) is 3.47. The molecule has 0 saturated carbocycles. The molecule has 0 aliphatic heterocycles. The SMILES string of the molecule is COc1cc(-c2nccc3nc(Nc4cccc5c4ccn5P(=O)([O-])[O-])nn23)cc(OC)c1OC.[Na+].[Na+]. The van der Waals surface area contributed by atoms with Gasteiger partial charge >= 0.3 is 59.1 Å². The third-order valence-corrected chi connectivity index (χ3v) is 6.28. The van der Waals surface area contributed by atoms with Gasteiger partial charge in [0.1, 0.15) is 0 Å². The van der Waals surface area contributed by atoms with Gasteiger partial charge in [0.05, 0.1) is 32.5 Å². The molecular formula is C22H19N6Na2O6P. The Morgan fingerprint density at radius 3 is 2.30 bits per heavy atom. The van der Waals surface area contributed by atoms with Crippen LogP contribution in [0.2, 0.25) is 0 Å². The minimum atomic E-state index is -4.99. The summed E-state index contributed by atoms with van der Waals surface area (Å²) in [6.45, 7) is 0. The molecule has 0 aliphatic carbocycles. The molecule has 0 saturated heterocycles. The first kappa shape index (κ1) is 29.4. The predicted molar refractivity (Wildman–Crippen MR) is 124 cm³/mol. The molecule has 0 radical (unpaired) electrons. The van der Waals surface area contributed by atoms with Crippen LogP contribution in [0.4, 0.5) is 11.6 Å². The number of aromatic nitrogens is 5. The summed E-state index contributed by atoms with van der Waals surface area (Å²) in [7, 11) is -0.408. The van der Waals surface area contributed by atoms with E-state index >= 15 is 0 Å². The molecule has 2 aromatic carbocycles. The fraction of sp³-hybridized carbons (Fsp3) is 0.136. The maximum Gasteiger partial charge on any atom is 1.00 e. The van der Waals surface area contributed by atoms with E-state index in [0.717, 1.165) is 0 Å². The minimum absolute atomic E-state index is 0. The van der Waals surface area contributed by atoms with Crippen LogP contribution in [0.3, 0.4) is 0 Å². The molecular weight excluding hydrogens is 521 g/mol. The molecule has 0 aliphatic rings. The van der Waals surface area contributed by atoms with Crippen LogP contribution in [0.1, 0.15) is 0 Å². The minimum Gasteiger partial charge on any atom is -0.795 e. The third-order valence-electron chi connectivity index (χ3n) is 5.40. The second-order valence-electron chi connectivity index (χ2n) is 7.38. The first-order valence-electron chi connectivity index (χ1n) is 10.3. The first-order valence-corrected chi connectivity index (χ1v) is 11.8. The number of hydrogen-bond donors (Lipinski definition) is 1. The number of benzene rings is 2. The van der Waals surface area contributed by atoms with Gasteiger partial charge in [0.25, 0.3) is 0 Å². The molecule has 0 bridgehead atoms. The van der Waals surface area contributed by atoms with Gasteiger partial charge in [-0.3, -0.25) is 0 Å². The van der Waals surface area contributed by atoms with E-state index in [-0.39, 0.29) is 70.6 Å². The maximum absolute atomic E-state index is 11.6. The van der Waals surface area contributed by atoms with Crippen LogP contribution >= 0.6 is 7.75 Å². The Bertz CT molecular complexity index is 1590. The van der Waals surface area contributed by atoms with Crippen molar-refractivity contribution in [3.8, 4) is 28.6 Å². The van der Waals surface area contributed by atoms with Crippen LogP contribution in [0, 0.1) is 0 Å². The summed E-state index contributed by atoms with van der Waals surface area (Å²) in [5, 5.41) is 8.16. The summed E-state index contributed by atoms with van der Waals surface area (Å²) in [5.41, 5.74) is 1.96. The van der Waals surface area contributed by atoms with Gasteiger partial charge in [-0.15, -0.1) is 5.10 Å². The largest absolute Gasteiger partial charge is 1.00 e. The number of nitrogens with one attached hydrogen (secondary N) is 1. The maximum atomic E-state index is 11.6. The molecule has 37 heavy (non-hydrogen) atoms. The molecule has 5 rings (SSSR count). The number of anilines is 2. The van der Waals surface area contributed by atoms with E-state index in [9.17, 15) is 14.4 Å². The number of rotatable bonds is 7. The number of hydrogen-bond acceptors (Lipinski definition) is 10. The molecule has 3 aromatic heterocycles. The third kappa shape index (κ3) is 5.53. The van der Waals surface area contributed by atoms with Crippen molar-refractivity contribution in [3.63, 3.8) is 0 Å². The topological polar surface area (TPSA) is 151 Å². The summed E-state index contributed by atoms with van der Waals surface area (Å²) >= 11 is 0. The van der Waals surface area contributed by atoms with Crippen LogP contribution in [-0.2, 0) is 4.57 Å². The van der Waals surface area contributed by atoms with Gasteiger partial charge in [-0.2, -0.15) is 9.50 Å². The van der Waals surface area contributed by atoms with Crippen molar-refractivity contribution in [1.29, 1.82) is 0 Å². The summed E-state index contributed by atoms with van der Waals surface area (Å²) < 4.78 is 30.1. The molecule has 0 spiro atoms. The summed E-state index contributed by atoms with van der Waals surface area (Å²) in [4.78, 5) is 32.1. The monoisotopic (exact) mass is 540 g/mol. The quantitative estimate of drug-likeness (QED) is 0.161. The van der Waals surface area contributed by atoms with Crippen molar-refractivity contribution in [2.45, 2.75) is 0 Å². The van der Waals surface area contributed by atoms with Gasteiger partial charge < -0.3 is 38.2 Å². The number of ether oxygens (including phenoxy) is 3. The van der Waals surface area contributed by atoms with Gasteiger partial charge in [-0.05, 0) is 30.3 Å². The number of methoxy groups -OCH3 is 3. The van der Waals surface area contributed by atoms with Crippen LogP contribution in [-0.4, -0.2) is 45.2 Å². The number of nitrogens with zero attached hydrogens (tertiary/aromatic N) is 5. The molecule has 180 valence electrons. The second kappa shape index (κ2) is 11.7. The molecule has 1 N–H and O–H groups in total. The Labute approximate surface area is 255 Å². The summed E-state index contributed by atoms with van der Waals surface area (Å²) in [5.74, 6) is 2.10. The number of fused-ring (bicyclic) bond motifs is 2. The first-order chi connectivity index (χ1) is 16.8. The van der Waals surface area contributed by atoms with Crippen LogP contribution < -0.4 is 88.4 Å². The smallest absolute Gasteiger partial charge is 0.795 e. The predicted octanol–water partition coefficient (Wildman–Crippen LogP) is -3.80. The van der Waals surface area contributed by atoms with Gasteiger partial charge in [0.15, 0.2) is 23.0 Å². The van der Waals surface area contributed by atoms with Gasteiger partial charge in [-0.25, -0.2) is 4.98 Å². The fourth-order valence-corrected chi connectivity index (χ4v) is 4.54. The Kier molecular flexibility index (Phi) is 9.33. The Hall–Kier alpha value is -2.12. The molecule has 5 aromatic rings. The molecule has 12 nitrogen and oxygen atoms in total. The van der Waals surface area contributed by atoms with Crippen molar-refractivity contribution in [2.75, 3.05) is 26.6 Å². The Morgan fingerprint density at radius 1 is 0.973 bits per heavy atom. The molecule has 15 heteroatoms. The van der Waals surface area contributed by atoms with Crippen molar-refractivity contribution in [1.82, 2.24) is 23.9 Å². The Balaban J connectivity index is 0.00000190. The molecule has 0 amide bonds. The summed E-state index contributed by atoms with van der Waals surface area (Å²) in [6.07, 6.45) is 2.83. The van der Waals surface area contributed by atoms with Crippen LogP contribution in [0.15, 0.2) is 54.9 Å². The van der Waals surface area contributed by atoms with Crippen molar-refractivity contribution >= 4 is 35.9 Å². The zero-order valence-corrected chi connectivity index (χ0v) is 25.7. The average molecular weight is 540 g/mol. The van der Waals surface area contributed by atoms with E-state index in [1.54, 1.807) is 53.2 Å². The normalized spacial score (nSPS) is 11.1. The van der Waals surface area contributed by atoms with Gasteiger partial charge in [0, 0.05) is 37.2 Å². The van der Waals surface area contributed by atoms with E-state index in [2.05, 4.69) is 20.4 Å². The van der Waals surface area contributed by atoms with E-state index in [1.165, 1.54) is 27.5 Å². The molecule has 0 fully saturated rings. The van der Waals surface area contributed by atoms with E-state index in [4.69, 9.17) is 14.2 Å². The van der Waals surface area contributed by atoms with E-state index in [0.29, 0.717) is 49.7 Å². The van der Waals surface area contributed by atoms with Gasteiger partial charge in [0.2, 0.25) is 11.7 Å². The van der Waals surface area contributed by atoms with E-state index in [1.807, 2.05) is 0 Å². The zero-order valence-electron chi connectivity index (χ0n) is 20.8.